The van der Waals surface area contributed by atoms with Crippen LogP contribution in [0.2, 0.25) is 0 Å². The predicted octanol–water partition coefficient (Wildman–Crippen LogP) is 1.94. The van der Waals surface area contributed by atoms with Crippen LogP contribution in [0.5, 0.6) is 0 Å². The molecule has 0 unspecified atom stereocenters. The first-order chi connectivity index (χ1) is 10.5. The quantitative estimate of drug-likeness (QED) is 0.889. The Bertz CT molecular complexity index is 742. The smallest absolute Gasteiger partial charge is 0.207 e. The summed E-state index contributed by atoms with van der Waals surface area (Å²) < 4.78 is 53.6. The van der Waals surface area contributed by atoms with Crippen LogP contribution in [0.4, 0.5) is 0 Å². The second kappa shape index (κ2) is 6.51. The van der Waals surface area contributed by atoms with Crippen molar-refractivity contribution in [1.29, 1.82) is 0 Å². The van der Waals surface area contributed by atoms with Crippen molar-refractivity contribution in [2.75, 3.05) is 13.1 Å². The van der Waals surface area contributed by atoms with Gasteiger partial charge in [-0.25, -0.2) is 21.6 Å². The highest BCUT2D eigenvalue weighted by Crippen LogP contribution is 2.22. The third-order valence-electron chi connectivity index (χ3n) is 3.53. The Morgan fingerprint density at radius 1 is 0.870 bits per heavy atom. The van der Waals surface area contributed by atoms with E-state index in [1.165, 1.54) is 28.6 Å². The molecule has 0 spiro atoms. The fourth-order valence-corrected chi connectivity index (χ4v) is 5.44. The van der Waals surface area contributed by atoms with Gasteiger partial charge in [0, 0.05) is 18.6 Å². The number of benzene rings is 1. The normalized spacial score (nSPS) is 18.0. The number of piperidine rings is 1. The summed E-state index contributed by atoms with van der Waals surface area (Å²) in [6.45, 7) is 6.29. The molecule has 2 rings (SSSR count). The van der Waals surface area contributed by atoms with Crippen LogP contribution >= 0.6 is 0 Å². The summed E-state index contributed by atoms with van der Waals surface area (Å²) in [6, 6.07) is 5.40. The number of nitrogens with one attached hydrogen (secondary N) is 1. The highest BCUT2D eigenvalue weighted by molar-refractivity contribution is 7.89. The number of hydrogen-bond acceptors (Lipinski definition) is 4. The van der Waals surface area contributed by atoms with E-state index in [-0.39, 0.29) is 9.79 Å². The van der Waals surface area contributed by atoms with Gasteiger partial charge in [-0.05, 0) is 57.9 Å². The SMILES string of the molecule is CC(C)(C)NS(=O)(=O)c1ccc(S(=O)(=O)N2CCCCC2)cc1. The van der Waals surface area contributed by atoms with Gasteiger partial charge in [0.1, 0.15) is 0 Å². The van der Waals surface area contributed by atoms with Crippen LogP contribution in [0.15, 0.2) is 34.1 Å². The molecule has 0 radical (unpaired) electrons. The minimum atomic E-state index is -3.66. The molecule has 0 bridgehead atoms. The molecule has 8 heteroatoms. The highest BCUT2D eigenvalue weighted by Gasteiger charge is 2.27. The molecule has 1 N–H and O–H groups in total. The number of sulfonamides is 2. The maximum Gasteiger partial charge on any atom is 0.243 e. The van der Waals surface area contributed by atoms with Gasteiger partial charge in [0.2, 0.25) is 20.0 Å². The number of hydrogen-bond donors (Lipinski definition) is 1. The molecule has 0 aliphatic carbocycles. The first-order valence-electron chi connectivity index (χ1n) is 7.67. The molecule has 1 aromatic carbocycles. The van der Waals surface area contributed by atoms with Gasteiger partial charge >= 0.3 is 0 Å². The first kappa shape index (κ1) is 18.4. The zero-order chi connectivity index (χ0) is 17.3. The van der Waals surface area contributed by atoms with Crippen molar-refractivity contribution in [3.05, 3.63) is 24.3 Å². The molecule has 0 amide bonds. The van der Waals surface area contributed by atoms with Crippen molar-refractivity contribution in [2.24, 2.45) is 0 Å². The number of rotatable bonds is 4. The average molecular weight is 361 g/mol. The van der Waals surface area contributed by atoms with E-state index in [1.54, 1.807) is 20.8 Å². The fraction of sp³-hybridized carbons (Fsp3) is 0.600. The van der Waals surface area contributed by atoms with Crippen LogP contribution in [0, 0.1) is 0 Å². The van der Waals surface area contributed by atoms with Crippen LogP contribution in [0.3, 0.4) is 0 Å². The lowest BCUT2D eigenvalue weighted by Gasteiger charge is -2.26. The van der Waals surface area contributed by atoms with Gasteiger partial charge in [-0.3, -0.25) is 0 Å². The molecule has 1 saturated heterocycles. The van der Waals surface area contributed by atoms with Crippen molar-refractivity contribution >= 4 is 20.0 Å². The average Bonchev–Trinajstić information content (AvgIpc) is 2.46. The van der Waals surface area contributed by atoms with Gasteiger partial charge < -0.3 is 0 Å². The molecule has 6 nitrogen and oxygen atoms in total. The Labute approximate surface area is 139 Å². The monoisotopic (exact) mass is 360 g/mol. The third kappa shape index (κ3) is 4.53. The third-order valence-corrected chi connectivity index (χ3v) is 7.21. The van der Waals surface area contributed by atoms with Gasteiger partial charge in [-0.2, -0.15) is 4.31 Å². The van der Waals surface area contributed by atoms with E-state index in [1.807, 2.05) is 0 Å². The van der Waals surface area contributed by atoms with Crippen LogP contribution in [0.1, 0.15) is 40.0 Å². The topological polar surface area (TPSA) is 83.5 Å². The van der Waals surface area contributed by atoms with Crippen LogP contribution in [-0.4, -0.2) is 39.8 Å². The van der Waals surface area contributed by atoms with Gasteiger partial charge in [-0.15, -0.1) is 0 Å². The summed E-state index contributed by atoms with van der Waals surface area (Å²) in [7, 11) is -7.20. The maximum absolute atomic E-state index is 12.5. The molecule has 1 aliphatic rings. The zero-order valence-electron chi connectivity index (χ0n) is 13.7. The summed E-state index contributed by atoms with van der Waals surface area (Å²) in [6.07, 6.45) is 2.77. The summed E-state index contributed by atoms with van der Waals surface area (Å²) in [4.78, 5) is 0.194. The molecule has 0 saturated carbocycles. The molecule has 0 atom stereocenters. The van der Waals surface area contributed by atoms with E-state index in [2.05, 4.69) is 4.72 Å². The Kier molecular flexibility index (Phi) is 5.20. The van der Waals surface area contributed by atoms with E-state index in [4.69, 9.17) is 0 Å². The second-order valence-corrected chi connectivity index (χ2v) is 10.4. The molecule has 1 aliphatic heterocycles. The van der Waals surface area contributed by atoms with Gasteiger partial charge in [0.05, 0.1) is 9.79 Å². The standard InChI is InChI=1S/C15H24N2O4S2/c1-15(2,3)16-22(18,19)13-7-9-14(10-8-13)23(20,21)17-11-5-4-6-12-17/h7-10,16H,4-6,11-12H2,1-3H3. The summed E-state index contributed by atoms with van der Waals surface area (Å²) in [5, 5.41) is 0. The molecule has 23 heavy (non-hydrogen) atoms. The molecule has 1 fully saturated rings. The molecule has 0 aromatic heterocycles. The fourth-order valence-electron chi connectivity index (χ4n) is 2.51. The maximum atomic E-state index is 12.5. The zero-order valence-corrected chi connectivity index (χ0v) is 15.4. The first-order valence-corrected chi connectivity index (χ1v) is 10.6. The minimum Gasteiger partial charge on any atom is -0.207 e. The largest absolute Gasteiger partial charge is 0.243 e. The van der Waals surface area contributed by atoms with E-state index >= 15 is 0 Å². The van der Waals surface area contributed by atoms with Gasteiger partial charge in [0.25, 0.3) is 0 Å². The Morgan fingerprint density at radius 3 is 1.83 bits per heavy atom. The Morgan fingerprint density at radius 2 is 1.35 bits per heavy atom. The Hall–Kier alpha value is -0.960. The molecule has 130 valence electrons. The molecular formula is C15H24N2O4S2. The van der Waals surface area contributed by atoms with Crippen molar-refractivity contribution in [1.82, 2.24) is 9.03 Å². The molecule has 1 heterocycles. The van der Waals surface area contributed by atoms with E-state index in [0.717, 1.165) is 19.3 Å². The van der Waals surface area contributed by atoms with Crippen molar-refractivity contribution in [3.8, 4) is 0 Å². The summed E-state index contributed by atoms with van der Waals surface area (Å²) in [5.74, 6) is 0. The number of nitrogens with zero attached hydrogens (tertiary/aromatic N) is 1. The van der Waals surface area contributed by atoms with Crippen molar-refractivity contribution in [3.63, 3.8) is 0 Å². The van der Waals surface area contributed by atoms with Gasteiger partial charge in [0.15, 0.2) is 0 Å². The van der Waals surface area contributed by atoms with E-state index < -0.39 is 25.6 Å². The lowest BCUT2D eigenvalue weighted by atomic mass is 10.1. The molecular weight excluding hydrogens is 336 g/mol. The van der Waals surface area contributed by atoms with Crippen LogP contribution < -0.4 is 4.72 Å². The lowest BCUT2D eigenvalue weighted by Crippen LogP contribution is -2.40. The predicted molar refractivity (Wildman–Crippen MR) is 89.1 cm³/mol. The van der Waals surface area contributed by atoms with Crippen molar-refractivity contribution < 1.29 is 16.8 Å². The van der Waals surface area contributed by atoms with E-state index in [0.29, 0.717) is 13.1 Å². The van der Waals surface area contributed by atoms with Crippen LogP contribution in [-0.2, 0) is 20.0 Å². The molecule has 1 aromatic rings. The summed E-state index contributed by atoms with van der Waals surface area (Å²) in [5.41, 5.74) is -0.600. The van der Waals surface area contributed by atoms with Crippen molar-refractivity contribution in [2.45, 2.75) is 55.4 Å². The van der Waals surface area contributed by atoms with E-state index in [9.17, 15) is 16.8 Å². The minimum absolute atomic E-state index is 0.0602. The highest BCUT2D eigenvalue weighted by atomic mass is 32.2. The second-order valence-electron chi connectivity index (χ2n) is 6.79. The van der Waals surface area contributed by atoms with Crippen LogP contribution in [0.25, 0.3) is 0 Å². The lowest BCUT2D eigenvalue weighted by molar-refractivity contribution is 0.346. The summed E-state index contributed by atoms with van der Waals surface area (Å²) >= 11 is 0. The van der Waals surface area contributed by atoms with Gasteiger partial charge in [-0.1, -0.05) is 6.42 Å². The Balaban J connectivity index is 2.25.